The summed E-state index contributed by atoms with van der Waals surface area (Å²) in [7, 11) is 0. The van der Waals surface area contributed by atoms with Crippen molar-refractivity contribution in [3.8, 4) is 17.0 Å². The molecule has 2 aromatic heterocycles. The molecule has 1 aliphatic heterocycles. The van der Waals surface area contributed by atoms with E-state index in [1.54, 1.807) is 48.7 Å². The summed E-state index contributed by atoms with van der Waals surface area (Å²) in [5.41, 5.74) is 2.48. The zero-order chi connectivity index (χ0) is 25.7. The first-order chi connectivity index (χ1) is 17.4. The lowest BCUT2D eigenvalue weighted by atomic mass is 9.95. The van der Waals surface area contributed by atoms with Gasteiger partial charge in [0.25, 0.3) is 0 Å². The quantitative estimate of drug-likeness (QED) is 0.182. The Morgan fingerprint density at radius 3 is 2.53 bits per heavy atom. The second kappa shape index (κ2) is 11.6. The molecule has 0 aliphatic carbocycles. The minimum Gasteiger partial charge on any atom is -0.491 e. The van der Waals surface area contributed by atoms with E-state index in [2.05, 4.69) is 32.2 Å². The van der Waals surface area contributed by atoms with Gasteiger partial charge in [0.2, 0.25) is 0 Å². The number of nitrogens with zero attached hydrogens (tertiary/aromatic N) is 3. The topological polar surface area (TPSA) is 162 Å². The predicted molar refractivity (Wildman–Crippen MR) is 136 cm³/mol. The van der Waals surface area contributed by atoms with Crippen molar-refractivity contribution < 1.29 is 29.9 Å². The molecule has 0 amide bonds. The van der Waals surface area contributed by atoms with Crippen LogP contribution in [0.2, 0.25) is 0 Å². The zero-order valence-corrected chi connectivity index (χ0v) is 20.0. The number of aliphatic hydroxyl groups excluding tert-OH is 4. The van der Waals surface area contributed by atoms with Crippen LogP contribution in [0.1, 0.15) is 0 Å². The number of fused-ring (bicyclic) bond motifs is 1. The van der Waals surface area contributed by atoms with E-state index in [9.17, 15) is 20.4 Å². The molecule has 4 rings (SSSR count). The fraction of sp³-hybridized carbons (Fsp3) is 0.333. The molecule has 0 spiro atoms. The Hall–Kier alpha value is -3.26. The minimum absolute atomic E-state index is 0.0835. The fourth-order valence-corrected chi connectivity index (χ4v) is 3.84. The van der Waals surface area contributed by atoms with Crippen LogP contribution in [0.4, 0.5) is 5.82 Å². The van der Waals surface area contributed by atoms with Gasteiger partial charge in [-0.2, -0.15) is 0 Å². The van der Waals surface area contributed by atoms with E-state index in [1.807, 2.05) is 0 Å². The van der Waals surface area contributed by atoms with Crippen LogP contribution in [0, 0.1) is 0 Å². The lowest BCUT2D eigenvalue weighted by molar-refractivity contribution is -0.234. The van der Waals surface area contributed by atoms with E-state index < -0.39 is 37.1 Å². The summed E-state index contributed by atoms with van der Waals surface area (Å²) < 4.78 is 11.2. The Morgan fingerprint density at radius 2 is 1.81 bits per heavy atom. The van der Waals surface area contributed by atoms with Crippen molar-refractivity contribution >= 4 is 34.3 Å². The largest absolute Gasteiger partial charge is 0.491 e. The summed E-state index contributed by atoms with van der Waals surface area (Å²) in [6.45, 7) is 3.60. The average Bonchev–Trinajstić information content (AvgIpc) is 2.90. The number of anilines is 1. The van der Waals surface area contributed by atoms with Gasteiger partial charge < -0.3 is 40.5 Å². The maximum atomic E-state index is 10.1. The smallest absolute Gasteiger partial charge is 0.180 e. The first-order valence-electron chi connectivity index (χ1n) is 11.2. The van der Waals surface area contributed by atoms with Gasteiger partial charge in [-0.3, -0.25) is 4.98 Å². The molecule has 5 atom stereocenters. The number of rotatable bonds is 8. The molecule has 1 unspecified atom stereocenters. The second-order valence-corrected chi connectivity index (χ2v) is 8.53. The van der Waals surface area contributed by atoms with Crippen molar-refractivity contribution in [3.05, 3.63) is 55.3 Å². The van der Waals surface area contributed by atoms with Gasteiger partial charge in [0.1, 0.15) is 54.2 Å². The highest BCUT2D eigenvalue weighted by molar-refractivity contribution is 7.80. The molecule has 12 heteroatoms. The number of hydrogen-bond acceptors (Lipinski definition) is 10. The molecule has 3 aromatic rings. The SMILES string of the molecule is C=CCNC(=S)Nc1ccc2ncc(-c3ccc(OC[C@@H]4O[C@H](CO)[C@@H](O)[C@H](O)C4O)cc3)nc2n1. The van der Waals surface area contributed by atoms with E-state index in [-0.39, 0.29) is 6.61 Å². The van der Waals surface area contributed by atoms with E-state index >= 15 is 0 Å². The maximum absolute atomic E-state index is 10.1. The van der Waals surface area contributed by atoms with Gasteiger partial charge >= 0.3 is 0 Å². The standard InChI is InChI=1S/C24H27N5O6S/c1-2-9-25-24(36)29-19-8-7-15-23(28-19)27-16(10-26-15)13-3-5-14(6-4-13)34-12-18-21(32)22(33)20(31)17(11-30)35-18/h2-8,10,17-18,20-22,30-33H,1,9,11-12H2,(H2,25,27,28,29,36)/t17-,18+,20-,21?,22+/m1/s1. The Kier molecular flexibility index (Phi) is 8.36. The van der Waals surface area contributed by atoms with Crippen LogP contribution in [0.15, 0.2) is 55.3 Å². The van der Waals surface area contributed by atoms with E-state index in [0.29, 0.717) is 40.1 Å². The Morgan fingerprint density at radius 1 is 1.06 bits per heavy atom. The first kappa shape index (κ1) is 25.8. The van der Waals surface area contributed by atoms with Gasteiger partial charge in [-0.25, -0.2) is 9.97 Å². The monoisotopic (exact) mass is 513 g/mol. The molecular formula is C24H27N5O6S. The van der Waals surface area contributed by atoms with Crippen molar-refractivity contribution in [2.75, 3.05) is 25.1 Å². The summed E-state index contributed by atoms with van der Waals surface area (Å²) in [4.78, 5) is 13.5. The highest BCUT2D eigenvalue weighted by Crippen LogP contribution is 2.25. The zero-order valence-electron chi connectivity index (χ0n) is 19.2. The summed E-state index contributed by atoms with van der Waals surface area (Å²) in [5.74, 6) is 1.03. The molecular weight excluding hydrogens is 486 g/mol. The number of thiocarbonyl (C=S) groups is 1. The number of hydrogen-bond donors (Lipinski definition) is 6. The molecule has 36 heavy (non-hydrogen) atoms. The molecule has 1 aromatic carbocycles. The average molecular weight is 514 g/mol. The van der Waals surface area contributed by atoms with Crippen molar-refractivity contribution in [3.63, 3.8) is 0 Å². The van der Waals surface area contributed by atoms with Gasteiger partial charge in [0, 0.05) is 12.1 Å². The molecule has 1 fully saturated rings. The van der Waals surface area contributed by atoms with Crippen molar-refractivity contribution in [1.82, 2.24) is 20.3 Å². The predicted octanol–water partition coefficient (Wildman–Crippen LogP) is 0.385. The minimum atomic E-state index is -1.44. The number of nitrogens with one attached hydrogen (secondary N) is 2. The number of benzene rings is 1. The molecule has 0 radical (unpaired) electrons. The lowest BCUT2D eigenvalue weighted by Crippen LogP contribution is -2.59. The third kappa shape index (κ3) is 5.93. The summed E-state index contributed by atoms with van der Waals surface area (Å²) >= 11 is 5.22. The van der Waals surface area contributed by atoms with Crippen LogP contribution < -0.4 is 15.4 Å². The van der Waals surface area contributed by atoms with Crippen molar-refractivity contribution in [2.24, 2.45) is 0 Å². The van der Waals surface area contributed by atoms with E-state index in [4.69, 9.17) is 21.7 Å². The Bertz CT molecular complexity index is 1210. The molecule has 1 saturated heterocycles. The van der Waals surface area contributed by atoms with Crippen LogP contribution in [0.25, 0.3) is 22.4 Å². The van der Waals surface area contributed by atoms with Gasteiger partial charge in [0.15, 0.2) is 10.8 Å². The third-order valence-corrected chi connectivity index (χ3v) is 5.86. The van der Waals surface area contributed by atoms with Crippen molar-refractivity contribution in [2.45, 2.75) is 30.5 Å². The summed E-state index contributed by atoms with van der Waals surface area (Å²) in [5, 5.41) is 45.6. The molecule has 3 heterocycles. The van der Waals surface area contributed by atoms with Crippen LogP contribution in [0.5, 0.6) is 5.75 Å². The fourth-order valence-electron chi connectivity index (χ4n) is 3.65. The molecule has 11 nitrogen and oxygen atoms in total. The van der Waals surface area contributed by atoms with Gasteiger partial charge in [-0.1, -0.05) is 6.08 Å². The Labute approximate surface area is 212 Å². The normalized spacial score (nSPS) is 23.7. The van der Waals surface area contributed by atoms with Crippen LogP contribution in [-0.2, 0) is 4.74 Å². The number of pyridine rings is 1. The van der Waals surface area contributed by atoms with Crippen molar-refractivity contribution in [1.29, 1.82) is 0 Å². The van der Waals surface area contributed by atoms with E-state index in [0.717, 1.165) is 5.56 Å². The van der Waals surface area contributed by atoms with Crippen LogP contribution in [-0.4, -0.2) is 90.8 Å². The molecule has 1 aliphatic rings. The summed E-state index contributed by atoms with van der Waals surface area (Å²) in [6.07, 6.45) is -2.75. The summed E-state index contributed by atoms with van der Waals surface area (Å²) in [6, 6.07) is 10.6. The molecule has 0 saturated carbocycles. The number of aromatic nitrogens is 3. The molecule has 190 valence electrons. The van der Waals surface area contributed by atoms with Gasteiger partial charge in [-0.15, -0.1) is 6.58 Å². The lowest BCUT2D eigenvalue weighted by Gasteiger charge is -2.39. The van der Waals surface area contributed by atoms with Crippen LogP contribution >= 0.6 is 12.2 Å². The first-order valence-corrected chi connectivity index (χ1v) is 11.6. The molecule has 0 bridgehead atoms. The highest BCUT2D eigenvalue weighted by atomic mass is 32.1. The maximum Gasteiger partial charge on any atom is 0.180 e. The molecule has 6 N–H and O–H groups in total. The third-order valence-electron chi connectivity index (χ3n) is 5.61. The van der Waals surface area contributed by atoms with Gasteiger partial charge in [0.05, 0.1) is 18.5 Å². The van der Waals surface area contributed by atoms with Gasteiger partial charge in [-0.05, 0) is 48.6 Å². The Balaban J connectivity index is 1.42. The number of aliphatic hydroxyl groups is 4. The highest BCUT2D eigenvalue weighted by Gasteiger charge is 2.43. The van der Waals surface area contributed by atoms with E-state index in [1.165, 1.54) is 0 Å². The van der Waals surface area contributed by atoms with Crippen LogP contribution in [0.3, 0.4) is 0 Å². The number of ether oxygens (including phenoxy) is 2. The second-order valence-electron chi connectivity index (χ2n) is 8.12.